The number of carbonyl (C=O) groups excluding carboxylic acids is 1. The molecule has 1 heterocycles. The number of nitrogens with zero attached hydrogens (tertiary/aromatic N) is 1. The van der Waals surface area contributed by atoms with Crippen molar-refractivity contribution >= 4 is 37.3 Å². The molecule has 0 aromatic heterocycles. The van der Waals surface area contributed by atoms with E-state index in [9.17, 15) is 21.6 Å². The largest absolute Gasteiger partial charge is 0.495 e. The van der Waals surface area contributed by atoms with Gasteiger partial charge in [-0.1, -0.05) is 0 Å². The van der Waals surface area contributed by atoms with E-state index in [4.69, 9.17) is 4.74 Å². The van der Waals surface area contributed by atoms with E-state index in [-0.39, 0.29) is 16.1 Å². The van der Waals surface area contributed by atoms with Gasteiger partial charge in [0.2, 0.25) is 20.0 Å². The molecule has 2 aromatic carbocycles. The maximum absolute atomic E-state index is 12.9. The second-order valence-corrected chi connectivity index (χ2v) is 11.0. The molecule has 2 N–H and O–H groups in total. The number of aryl methyl sites for hydroxylation is 1. The highest BCUT2D eigenvalue weighted by atomic mass is 32.2. The molecular formula is C20H25N3O6S2. The molecule has 3 rings (SSSR count). The zero-order chi connectivity index (χ0) is 22.8. The van der Waals surface area contributed by atoms with Gasteiger partial charge in [-0.05, 0) is 61.7 Å². The lowest BCUT2D eigenvalue weighted by Gasteiger charge is -2.17. The fourth-order valence-corrected chi connectivity index (χ4v) is 5.51. The fraction of sp³-hybridized carbons (Fsp3) is 0.350. The number of hydrogen-bond donors (Lipinski definition) is 2. The summed E-state index contributed by atoms with van der Waals surface area (Å²) in [6, 6.07) is 8.86. The number of anilines is 2. The number of hydrogen-bond acceptors (Lipinski definition) is 6. The SMILES string of the molecule is COc1ccc(S(=O)(=O)N2CCCC2)cc1NC(=O)c1ccc(NS(C)(=O)=O)c(C)c1. The van der Waals surface area contributed by atoms with Crippen LogP contribution in [0.25, 0.3) is 0 Å². The van der Waals surface area contributed by atoms with Crippen LogP contribution >= 0.6 is 0 Å². The molecular weight excluding hydrogens is 442 g/mol. The summed E-state index contributed by atoms with van der Waals surface area (Å²) in [5.41, 5.74) is 1.45. The van der Waals surface area contributed by atoms with E-state index in [0.29, 0.717) is 30.1 Å². The Morgan fingerprint density at radius 3 is 2.26 bits per heavy atom. The Kier molecular flexibility index (Phi) is 6.58. The number of nitrogens with one attached hydrogen (secondary N) is 2. The van der Waals surface area contributed by atoms with E-state index < -0.39 is 26.0 Å². The minimum Gasteiger partial charge on any atom is -0.495 e. The van der Waals surface area contributed by atoms with Crippen LogP contribution in [0.5, 0.6) is 5.75 Å². The molecule has 1 fully saturated rings. The maximum atomic E-state index is 12.9. The first-order valence-corrected chi connectivity index (χ1v) is 12.9. The molecule has 1 amide bonds. The van der Waals surface area contributed by atoms with Crippen LogP contribution in [0.1, 0.15) is 28.8 Å². The number of methoxy groups -OCH3 is 1. The lowest BCUT2D eigenvalue weighted by Crippen LogP contribution is -2.28. The zero-order valence-electron chi connectivity index (χ0n) is 17.5. The molecule has 0 spiro atoms. The molecule has 0 aliphatic carbocycles. The Bertz CT molecular complexity index is 1200. The van der Waals surface area contributed by atoms with Crippen LogP contribution in [0.2, 0.25) is 0 Å². The molecule has 1 aliphatic heterocycles. The van der Waals surface area contributed by atoms with Gasteiger partial charge in [-0.15, -0.1) is 0 Å². The average Bonchev–Trinajstić information content (AvgIpc) is 3.24. The van der Waals surface area contributed by atoms with Crippen molar-refractivity contribution in [2.75, 3.05) is 36.5 Å². The highest BCUT2D eigenvalue weighted by Gasteiger charge is 2.28. The van der Waals surface area contributed by atoms with Gasteiger partial charge in [-0.3, -0.25) is 9.52 Å². The van der Waals surface area contributed by atoms with Crippen LogP contribution in [-0.2, 0) is 20.0 Å². The summed E-state index contributed by atoms with van der Waals surface area (Å²) in [5.74, 6) is -0.163. The zero-order valence-corrected chi connectivity index (χ0v) is 19.1. The van der Waals surface area contributed by atoms with Crippen LogP contribution in [0, 0.1) is 6.92 Å². The molecule has 0 unspecified atom stereocenters. The van der Waals surface area contributed by atoms with Gasteiger partial charge in [0.1, 0.15) is 5.75 Å². The quantitative estimate of drug-likeness (QED) is 0.645. The number of rotatable bonds is 7. The van der Waals surface area contributed by atoms with Gasteiger partial charge in [0, 0.05) is 18.7 Å². The van der Waals surface area contributed by atoms with Crippen molar-refractivity contribution in [2.24, 2.45) is 0 Å². The van der Waals surface area contributed by atoms with Gasteiger partial charge in [0.25, 0.3) is 5.91 Å². The van der Waals surface area contributed by atoms with Crippen molar-refractivity contribution in [3.8, 4) is 5.75 Å². The molecule has 1 aliphatic rings. The van der Waals surface area contributed by atoms with Crippen LogP contribution in [0.15, 0.2) is 41.3 Å². The predicted molar refractivity (Wildman–Crippen MR) is 119 cm³/mol. The summed E-state index contributed by atoms with van der Waals surface area (Å²) in [5, 5.41) is 2.69. The third-order valence-electron chi connectivity index (χ3n) is 4.91. The summed E-state index contributed by atoms with van der Waals surface area (Å²) < 4.78 is 57.7. The molecule has 1 saturated heterocycles. The van der Waals surface area contributed by atoms with Crippen LogP contribution in [-0.4, -0.2) is 53.5 Å². The first-order chi connectivity index (χ1) is 14.5. The number of benzene rings is 2. The molecule has 11 heteroatoms. The van der Waals surface area contributed by atoms with Gasteiger partial charge in [-0.2, -0.15) is 4.31 Å². The van der Waals surface area contributed by atoms with E-state index in [0.717, 1.165) is 19.1 Å². The summed E-state index contributed by atoms with van der Waals surface area (Å²) in [4.78, 5) is 12.9. The van der Waals surface area contributed by atoms with E-state index in [1.807, 2.05) is 0 Å². The third kappa shape index (κ3) is 5.35. The normalized spacial score (nSPS) is 14.9. The molecule has 2 aromatic rings. The minimum atomic E-state index is -3.66. The van der Waals surface area contributed by atoms with Crippen LogP contribution in [0.4, 0.5) is 11.4 Å². The van der Waals surface area contributed by atoms with E-state index >= 15 is 0 Å². The van der Waals surface area contributed by atoms with E-state index in [1.165, 1.54) is 41.7 Å². The third-order valence-corrected chi connectivity index (χ3v) is 7.39. The van der Waals surface area contributed by atoms with Gasteiger partial charge in [-0.25, -0.2) is 16.8 Å². The Balaban J connectivity index is 1.87. The number of ether oxygens (including phenoxy) is 1. The van der Waals surface area contributed by atoms with Crippen molar-refractivity contribution in [1.82, 2.24) is 4.31 Å². The molecule has 0 radical (unpaired) electrons. The topological polar surface area (TPSA) is 122 Å². The molecule has 168 valence electrons. The van der Waals surface area contributed by atoms with Gasteiger partial charge >= 0.3 is 0 Å². The summed E-state index contributed by atoms with van der Waals surface area (Å²) >= 11 is 0. The lowest BCUT2D eigenvalue weighted by atomic mass is 10.1. The van der Waals surface area contributed by atoms with Gasteiger partial charge < -0.3 is 10.1 Å². The predicted octanol–water partition coefficient (Wildman–Crippen LogP) is 2.41. The average molecular weight is 468 g/mol. The van der Waals surface area contributed by atoms with Crippen molar-refractivity contribution < 1.29 is 26.4 Å². The highest BCUT2D eigenvalue weighted by molar-refractivity contribution is 7.92. The van der Waals surface area contributed by atoms with E-state index in [2.05, 4.69) is 10.0 Å². The monoisotopic (exact) mass is 467 g/mol. The second-order valence-electron chi connectivity index (χ2n) is 7.33. The summed E-state index contributed by atoms with van der Waals surface area (Å²) in [7, 11) is -5.67. The minimum absolute atomic E-state index is 0.0781. The molecule has 31 heavy (non-hydrogen) atoms. The van der Waals surface area contributed by atoms with Crippen molar-refractivity contribution in [3.05, 3.63) is 47.5 Å². The Morgan fingerprint density at radius 1 is 1.00 bits per heavy atom. The second kappa shape index (κ2) is 8.85. The van der Waals surface area contributed by atoms with Crippen molar-refractivity contribution in [1.29, 1.82) is 0 Å². The maximum Gasteiger partial charge on any atom is 0.255 e. The Labute approximate surface area is 182 Å². The molecule has 0 atom stereocenters. The first kappa shape index (κ1) is 23.0. The van der Waals surface area contributed by atoms with E-state index in [1.54, 1.807) is 13.0 Å². The van der Waals surface area contributed by atoms with Crippen LogP contribution < -0.4 is 14.8 Å². The highest BCUT2D eigenvalue weighted by Crippen LogP contribution is 2.30. The van der Waals surface area contributed by atoms with Gasteiger partial charge in [0.15, 0.2) is 0 Å². The molecule has 9 nitrogen and oxygen atoms in total. The number of amides is 1. The Morgan fingerprint density at radius 2 is 1.68 bits per heavy atom. The lowest BCUT2D eigenvalue weighted by molar-refractivity contribution is 0.102. The smallest absolute Gasteiger partial charge is 0.255 e. The summed E-state index contributed by atoms with van der Waals surface area (Å²) in [6.45, 7) is 2.63. The summed E-state index contributed by atoms with van der Waals surface area (Å²) in [6.07, 6.45) is 2.69. The van der Waals surface area contributed by atoms with Gasteiger partial charge in [0.05, 0.1) is 29.6 Å². The molecule has 0 saturated carbocycles. The molecule has 0 bridgehead atoms. The van der Waals surface area contributed by atoms with Crippen molar-refractivity contribution in [2.45, 2.75) is 24.7 Å². The standard InChI is InChI=1S/C20H25N3O6S2/c1-14-12-15(6-8-17(14)22-30(3,25)26)20(24)21-18-13-16(7-9-19(18)29-2)31(27,28)23-10-4-5-11-23/h6-9,12-13,22H,4-5,10-11H2,1-3H3,(H,21,24). The van der Waals surface area contributed by atoms with Crippen LogP contribution in [0.3, 0.4) is 0 Å². The Hall–Kier alpha value is -2.63. The number of sulfonamides is 2. The van der Waals surface area contributed by atoms with Crippen molar-refractivity contribution in [3.63, 3.8) is 0 Å². The fourth-order valence-electron chi connectivity index (χ4n) is 3.34. The number of carbonyl (C=O) groups is 1. The first-order valence-electron chi connectivity index (χ1n) is 9.59.